The summed E-state index contributed by atoms with van der Waals surface area (Å²) >= 11 is 0. The molecular weight excluding hydrogens is 258 g/mol. The van der Waals surface area contributed by atoms with Crippen LogP contribution in [0.4, 0.5) is 21.0 Å². The third-order valence-corrected chi connectivity index (χ3v) is 2.46. The summed E-state index contributed by atoms with van der Waals surface area (Å²) in [6, 6.07) is 6.55. The van der Waals surface area contributed by atoms with Crippen LogP contribution >= 0.6 is 0 Å². The predicted molar refractivity (Wildman–Crippen MR) is 79.1 cm³/mol. The number of amides is 3. The largest absolute Gasteiger partial charge is 0.449 e. The SMILES string of the molecule is C=CCNC(=O)Nc1ccc(N(C)C(=O)OCC)cc1. The summed E-state index contributed by atoms with van der Waals surface area (Å²) in [6.45, 7) is 5.99. The Balaban J connectivity index is 2.62. The number of nitrogens with one attached hydrogen (secondary N) is 2. The van der Waals surface area contributed by atoms with Crippen LogP contribution in [0.15, 0.2) is 36.9 Å². The molecule has 0 spiro atoms. The summed E-state index contributed by atoms with van der Waals surface area (Å²) in [5.74, 6) is 0. The number of nitrogens with zero attached hydrogens (tertiary/aromatic N) is 1. The van der Waals surface area contributed by atoms with Crippen LogP contribution in [0.1, 0.15) is 6.92 Å². The lowest BCUT2D eigenvalue weighted by molar-refractivity contribution is 0.161. The predicted octanol–water partition coefficient (Wildman–Crippen LogP) is 2.59. The van der Waals surface area contributed by atoms with Crippen LogP contribution in [0.3, 0.4) is 0 Å². The van der Waals surface area contributed by atoms with E-state index in [0.717, 1.165) is 0 Å². The van der Waals surface area contributed by atoms with Gasteiger partial charge in [0.1, 0.15) is 0 Å². The Morgan fingerprint density at radius 2 is 2.00 bits per heavy atom. The average molecular weight is 277 g/mol. The van der Waals surface area contributed by atoms with E-state index < -0.39 is 6.09 Å². The van der Waals surface area contributed by atoms with Gasteiger partial charge in [0, 0.05) is 25.0 Å². The van der Waals surface area contributed by atoms with Crippen molar-refractivity contribution in [1.29, 1.82) is 0 Å². The number of carbonyl (C=O) groups is 2. The van der Waals surface area contributed by atoms with Crippen molar-refractivity contribution in [3.63, 3.8) is 0 Å². The number of ether oxygens (including phenoxy) is 1. The molecule has 6 heteroatoms. The van der Waals surface area contributed by atoms with Crippen molar-refractivity contribution in [2.45, 2.75) is 6.92 Å². The number of urea groups is 1. The van der Waals surface area contributed by atoms with Gasteiger partial charge < -0.3 is 15.4 Å². The smallest absolute Gasteiger partial charge is 0.413 e. The third-order valence-electron chi connectivity index (χ3n) is 2.46. The monoisotopic (exact) mass is 277 g/mol. The number of carbonyl (C=O) groups excluding carboxylic acids is 2. The summed E-state index contributed by atoms with van der Waals surface area (Å²) in [5.41, 5.74) is 1.31. The minimum absolute atomic E-state index is 0.309. The van der Waals surface area contributed by atoms with Crippen LogP contribution in [-0.2, 0) is 4.74 Å². The van der Waals surface area contributed by atoms with Crippen LogP contribution in [0.2, 0.25) is 0 Å². The summed E-state index contributed by atoms with van der Waals surface area (Å²) < 4.78 is 4.90. The lowest BCUT2D eigenvalue weighted by atomic mass is 10.2. The van der Waals surface area contributed by atoms with E-state index in [-0.39, 0.29) is 6.03 Å². The minimum atomic E-state index is -0.420. The molecule has 1 aromatic carbocycles. The first-order valence-corrected chi connectivity index (χ1v) is 6.24. The Kier molecular flexibility index (Phi) is 6.09. The fourth-order valence-electron chi connectivity index (χ4n) is 1.43. The Morgan fingerprint density at radius 1 is 1.35 bits per heavy atom. The second-order valence-electron chi connectivity index (χ2n) is 3.93. The van der Waals surface area contributed by atoms with E-state index in [9.17, 15) is 9.59 Å². The highest BCUT2D eigenvalue weighted by Gasteiger charge is 2.11. The molecule has 0 saturated heterocycles. The maximum Gasteiger partial charge on any atom is 0.413 e. The Morgan fingerprint density at radius 3 is 2.55 bits per heavy atom. The molecule has 1 rings (SSSR count). The summed E-state index contributed by atoms with van der Waals surface area (Å²) in [5, 5.41) is 5.27. The highest BCUT2D eigenvalue weighted by Crippen LogP contribution is 2.17. The van der Waals surface area contributed by atoms with Gasteiger partial charge in [-0.2, -0.15) is 0 Å². The molecule has 0 aliphatic heterocycles. The number of hydrogen-bond donors (Lipinski definition) is 2. The van der Waals surface area contributed by atoms with Crippen molar-refractivity contribution >= 4 is 23.5 Å². The molecule has 0 aliphatic carbocycles. The van der Waals surface area contributed by atoms with Crippen molar-refractivity contribution in [1.82, 2.24) is 5.32 Å². The van der Waals surface area contributed by atoms with E-state index >= 15 is 0 Å². The number of rotatable bonds is 5. The second kappa shape index (κ2) is 7.83. The van der Waals surface area contributed by atoms with Gasteiger partial charge in [-0.3, -0.25) is 4.90 Å². The fourth-order valence-corrected chi connectivity index (χ4v) is 1.43. The molecule has 1 aromatic rings. The first-order valence-electron chi connectivity index (χ1n) is 6.24. The van der Waals surface area contributed by atoms with E-state index in [2.05, 4.69) is 17.2 Å². The van der Waals surface area contributed by atoms with Crippen molar-refractivity contribution in [2.24, 2.45) is 0 Å². The Labute approximate surface area is 118 Å². The molecular formula is C14H19N3O3. The van der Waals surface area contributed by atoms with Gasteiger partial charge in [0.2, 0.25) is 0 Å². The summed E-state index contributed by atoms with van der Waals surface area (Å²) in [6.07, 6.45) is 1.17. The number of benzene rings is 1. The van der Waals surface area contributed by atoms with Crippen molar-refractivity contribution < 1.29 is 14.3 Å². The van der Waals surface area contributed by atoms with E-state index in [1.807, 2.05) is 0 Å². The standard InChI is InChI=1S/C14H19N3O3/c1-4-10-15-13(18)16-11-6-8-12(9-7-11)17(3)14(19)20-5-2/h4,6-9H,1,5,10H2,2-3H3,(H2,15,16,18). The third kappa shape index (κ3) is 4.64. The molecule has 0 bridgehead atoms. The van der Waals surface area contributed by atoms with Gasteiger partial charge in [-0.25, -0.2) is 9.59 Å². The van der Waals surface area contributed by atoms with Crippen molar-refractivity contribution in [3.05, 3.63) is 36.9 Å². The quantitative estimate of drug-likeness (QED) is 0.813. The molecule has 0 aliphatic rings. The van der Waals surface area contributed by atoms with E-state index in [4.69, 9.17) is 4.74 Å². The van der Waals surface area contributed by atoms with Gasteiger partial charge in [-0.15, -0.1) is 6.58 Å². The van der Waals surface area contributed by atoms with Crippen LogP contribution in [0, 0.1) is 0 Å². The summed E-state index contributed by atoms with van der Waals surface area (Å²) in [7, 11) is 1.62. The molecule has 0 aromatic heterocycles. The number of hydrogen-bond acceptors (Lipinski definition) is 3. The Hall–Kier alpha value is -2.50. The molecule has 0 unspecified atom stereocenters. The minimum Gasteiger partial charge on any atom is -0.449 e. The molecule has 0 heterocycles. The Bertz CT molecular complexity index is 471. The molecule has 0 atom stereocenters. The van der Waals surface area contributed by atoms with Crippen LogP contribution < -0.4 is 15.5 Å². The van der Waals surface area contributed by atoms with E-state index in [0.29, 0.717) is 24.5 Å². The molecule has 3 amide bonds. The normalized spacial score (nSPS) is 9.50. The first-order chi connectivity index (χ1) is 9.58. The van der Waals surface area contributed by atoms with Crippen LogP contribution in [-0.4, -0.2) is 32.3 Å². The molecule has 0 fully saturated rings. The number of anilines is 2. The second-order valence-corrected chi connectivity index (χ2v) is 3.93. The first kappa shape index (κ1) is 15.6. The molecule has 0 saturated carbocycles. The fraction of sp³-hybridized carbons (Fsp3) is 0.286. The van der Waals surface area contributed by atoms with E-state index in [1.54, 1.807) is 44.3 Å². The van der Waals surface area contributed by atoms with Gasteiger partial charge in [-0.05, 0) is 31.2 Å². The summed E-state index contributed by atoms with van der Waals surface area (Å²) in [4.78, 5) is 24.4. The van der Waals surface area contributed by atoms with Crippen molar-refractivity contribution in [2.75, 3.05) is 30.4 Å². The average Bonchev–Trinajstić information content (AvgIpc) is 2.45. The van der Waals surface area contributed by atoms with Gasteiger partial charge in [0.25, 0.3) is 0 Å². The van der Waals surface area contributed by atoms with Gasteiger partial charge in [-0.1, -0.05) is 6.08 Å². The molecule has 108 valence electrons. The van der Waals surface area contributed by atoms with Gasteiger partial charge in [0.05, 0.1) is 6.61 Å². The molecule has 2 N–H and O–H groups in total. The van der Waals surface area contributed by atoms with Gasteiger partial charge in [0.15, 0.2) is 0 Å². The maximum absolute atomic E-state index is 11.5. The van der Waals surface area contributed by atoms with E-state index in [1.165, 1.54) is 4.90 Å². The molecule has 6 nitrogen and oxygen atoms in total. The zero-order chi connectivity index (χ0) is 15.0. The molecule has 0 radical (unpaired) electrons. The topological polar surface area (TPSA) is 70.7 Å². The highest BCUT2D eigenvalue weighted by atomic mass is 16.6. The maximum atomic E-state index is 11.5. The lowest BCUT2D eigenvalue weighted by Gasteiger charge is -2.16. The lowest BCUT2D eigenvalue weighted by Crippen LogP contribution is -2.29. The molecule has 20 heavy (non-hydrogen) atoms. The van der Waals surface area contributed by atoms with Crippen molar-refractivity contribution in [3.8, 4) is 0 Å². The van der Waals surface area contributed by atoms with Crippen LogP contribution in [0.5, 0.6) is 0 Å². The van der Waals surface area contributed by atoms with Gasteiger partial charge >= 0.3 is 12.1 Å². The zero-order valence-corrected chi connectivity index (χ0v) is 11.7. The van der Waals surface area contributed by atoms with Crippen LogP contribution in [0.25, 0.3) is 0 Å². The zero-order valence-electron chi connectivity index (χ0n) is 11.7. The highest BCUT2D eigenvalue weighted by molar-refractivity contribution is 5.90.